The number of rotatable bonds is 5. The van der Waals surface area contributed by atoms with Gasteiger partial charge < -0.3 is 19.7 Å². The summed E-state index contributed by atoms with van der Waals surface area (Å²) in [4.78, 5) is 18.8. The van der Waals surface area contributed by atoms with Gasteiger partial charge in [0.1, 0.15) is 18.9 Å². The molecular weight excluding hydrogens is 306 g/mol. The number of nitrogens with zero attached hydrogens (tertiary/aromatic N) is 2. The molecule has 2 heterocycles. The van der Waals surface area contributed by atoms with Crippen LogP contribution in [0.2, 0.25) is 0 Å². The number of carbonyl (C=O) groups is 1. The molecule has 0 spiro atoms. The Morgan fingerprint density at radius 2 is 1.88 bits per heavy atom. The molecule has 0 radical (unpaired) electrons. The summed E-state index contributed by atoms with van der Waals surface area (Å²) in [6.07, 6.45) is 1.66. The number of hydrogen-bond acceptors (Lipinski definition) is 5. The van der Waals surface area contributed by atoms with Crippen LogP contribution in [0.15, 0.2) is 36.5 Å². The minimum Gasteiger partial charge on any atom is -0.486 e. The van der Waals surface area contributed by atoms with E-state index in [-0.39, 0.29) is 5.91 Å². The van der Waals surface area contributed by atoms with Crippen LogP contribution in [0, 0.1) is 0 Å². The highest BCUT2D eigenvalue weighted by molar-refractivity contribution is 6.03. The number of carbonyl (C=O) groups excluding carboxylic acids is 1. The summed E-state index contributed by atoms with van der Waals surface area (Å²) in [5.74, 6) is 1.09. The average molecular weight is 327 g/mol. The van der Waals surface area contributed by atoms with Gasteiger partial charge in [-0.05, 0) is 38.1 Å². The highest BCUT2D eigenvalue weighted by Crippen LogP contribution is 2.32. The largest absolute Gasteiger partial charge is 0.486 e. The molecule has 0 saturated heterocycles. The first-order chi connectivity index (χ1) is 11.7. The fourth-order valence-corrected chi connectivity index (χ4v) is 2.65. The Balaban J connectivity index is 1.76. The molecule has 1 amide bonds. The van der Waals surface area contributed by atoms with E-state index >= 15 is 0 Å². The minimum atomic E-state index is -0.249. The Kier molecular flexibility index (Phi) is 4.84. The third kappa shape index (κ3) is 3.42. The van der Waals surface area contributed by atoms with E-state index in [0.717, 1.165) is 18.8 Å². The van der Waals surface area contributed by atoms with Crippen molar-refractivity contribution < 1.29 is 14.3 Å². The second-order valence-corrected chi connectivity index (χ2v) is 5.38. The lowest BCUT2D eigenvalue weighted by atomic mass is 10.2. The van der Waals surface area contributed by atoms with E-state index in [0.29, 0.717) is 36.1 Å². The van der Waals surface area contributed by atoms with Gasteiger partial charge in [0.15, 0.2) is 11.5 Å². The third-order valence-electron chi connectivity index (χ3n) is 3.90. The molecule has 1 aromatic heterocycles. The molecule has 0 saturated carbocycles. The van der Waals surface area contributed by atoms with Gasteiger partial charge in [-0.25, -0.2) is 0 Å². The fraction of sp³-hybridized carbons (Fsp3) is 0.333. The first-order valence-corrected chi connectivity index (χ1v) is 8.13. The summed E-state index contributed by atoms with van der Waals surface area (Å²) in [5.41, 5.74) is 2.02. The number of pyridine rings is 1. The summed E-state index contributed by atoms with van der Waals surface area (Å²) < 4.78 is 11.0. The van der Waals surface area contributed by atoms with E-state index in [1.165, 1.54) is 0 Å². The fourth-order valence-electron chi connectivity index (χ4n) is 2.65. The van der Waals surface area contributed by atoms with Crippen molar-refractivity contribution in [2.24, 2.45) is 0 Å². The number of benzene rings is 1. The number of hydrogen-bond donors (Lipinski definition) is 1. The summed E-state index contributed by atoms with van der Waals surface area (Å²) in [6, 6.07) is 9.07. The van der Waals surface area contributed by atoms with E-state index in [9.17, 15) is 4.79 Å². The van der Waals surface area contributed by atoms with Gasteiger partial charge in [0.2, 0.25) is 0 Å². The van der Waals surface area contributed by atoms with Crippen molar-refractivity contribution >= 4 is 17.3 Å². The maximum Gasteiger partial charge on any atom is 0.274 e. The van der Waals surface area contributed by atoms with Gasteiger partial charge in [-0.15, -0.1) is 0 Å². The van der Waals surface area contributed by atoms with E-state index in [4.69, 9.17) is 9.47 Å². The van der Waals surface area contributed by atoms with Crippen LogP contribution in [0.5, 0.6) is 11.5 Å². The predicted octanol–water partition coefficient (Wildman–Crippen LogP) is 2.95. The molecule has 0 aliphatic carbocycles. The molecule has 126 valence electrons. The van der Waals surface area contributed by atoms with Crippen LogP contribution in [-0.2, 0) is 0 Å². The van der Waals surface area contributed by atoms with Crippen molar-refractivity contribution in [2.75, 3.05) is 36.5 Å². The Labute approximate surface area is 141 Å². The van der Waals surface area contributed by atoms with Crippen LogP contribution < -0.4 is 19.7 Å². The Hall–Kier alpha value is -2.76. The molecule has 24 heavy (non-hydrogen) atoms. The van der Waals surface area contributed by atoms with Crippen molar-refractivity contribution in [2.45, 2.75) is 13.8 Å². The molecule has 6 nitrogen and oxygen atoms in total. The summed E-state index contributed by atoms with van der Waals surface area (Å²) in [7, 11) is 0. The molecule has 1 aliphatic rings. The van der Waals surface area contributed by atoms with Crippen molar-refractivity contribution in [1.82, 2.24) is 4.98 Å². The molecule has 2 aromatic rings. The second kappa shape index (κ2) is 7.21. The first-order valence-electron chi connectivity index (χ1n) is 8.13. The Morgan fingerprint density at radius 3 is 2.62 bits per heavy atom. The smallest absolute Gasteiger partial charge is 0.274 e. The third-order valence-corrected chi connectivity index (χ3v) is 3.90. The van der Waals surface area contributed by atoms with Gasteiger partial charge in [0.05, 0.1) is 0 Å². The summed E-state index contributed by atoms with van der Waals surface area (Å²) >= 11 is 0. The van der Waals surface area contributed by atoms with Gasteiger partial charge >= 0.3 is 0 Å². The number of ether oxygens (including phenoxy) is 2. The lowest BCUT2D eigenvalue weighted by Crippen LogP contribution is -2.23. The van der Waals surface area contributed by atoms with Gasteiger partial charge in [-0.1, -0.05) is 0 Å². The summed E-state index contributed by atoms with van der Waals surface area (Å²) in [6.45, 7) is 6.98. The van der Waals surface area contributed by atoms with Crippen LogP contribution in [0.3, 0.4) is 0 Å². The Bertz CT molecular complexity index is 729. The van der Waals surface area contributed by atoms with Crippen LogP contribution in [-0.4, -0.2) is 37.2 Å². The number of fused-ring (bicyclic) bond motifs is 1. The quantitative estimate of drug-likeness (QED) is 0.915. The Morgan fingerprint density at radius 1 is 1.12 bits per heavy atom. The van der Waals surface area contributed by atoms with Gasteiger partial charge in [0, 0.05) is 36.7 Å². The lowest BCUT2D eigenvalue weighted by Gasteiger charge is -2.21. The maximum absolute atomic E-state index is 12.5. The predicted molar refractivity (Wildman–Crippen MR) is 93.2 cm³/mol. The van der Waals surface area contributed by atoms with Crippen LogP contribution in [0.1, 0.15) is 24.3 Å². The standard InChI is InChI=1S/C18H21N3O3/c1-3-21(4-2)14-7-8-19-15(12-14)18(22)20-13-5-6-16-17(11-13)24-10-9-23-16/h5-8,11-12H,3-4,9-10H2,1-2H3,(H,20,22). The molecule has 3 rings (SSSR count). The molecule has 1 N–H and O–H groups in total. The van der Waals surface area contributed by atoms with Crippen LogP contribution >= 0.6 is 0 Å². The van der Waals surface area contributed by atoms with Gasteiger partial charge in [-0.3, -0.25) is 9.78 Å². The monoisotopic (exact) mass is 327 g/mol. The number of anilines is 2. The van der Waals surface area contributed by atoms with E-state index in [2.05, 4.69) is 29.0 Å². The van der Waals surface area contributed by atoms with Crippen molar-refractivity contribution in [1.29, 1.82) is 0 Å². The molecule has 0 unspecified atom stereocenters. The van der Waals surface area contributed by atoms with E-state index in [1.807, 2.05) is 6.07 Å². The van der Waals surface area contributed by atoms with Gasteiger partial charge in [-0.2, -0.15) is 0 Å². The lowest BCUT2D eigenvalue weighted by molar-refractivity contribution is 0.102. The molecule has 1 aliphatic heterocycles. The molecule has 0 bridgehead atoms. The number of nitrogens with one attached hydrogen (secondary N) is 1. The molecule has 1 aromatic carbocycles. The molecule has 0 atom stereocenters. The molecular formula is C18H21N3O3. The first kappa shape index (κ1) is 16.1. The zero-order chi connectivity index (χ0) is 16.9. The van der Waals surface area contributed by atoms with Crippen molar-refractivity contribution in [3.8, 4) is 11.5 Å². The zero-order valence-electron chi connectivity index (χ0n) is 13.9. The van der Waals surface area contributed by atoms with Crippen LogP contribution in [0.4, 0.5) is 11.4 Å². The van der Waals surface area contributed by atoms with E-state index < -0.39 is 0 Å². The maximum atomic E-state index is 12.5. The second-order valence-electron chi connectivity index (χ2n) is 5.38. The van der Waals surface area contributed by atoms with Crippen LogP contribution in [0.25, 0.3) is 0 Å². The highest BCUT2D eigenvalue weighted by Gasteiger charge is 2.14. The van der Waals surface area contributed by atoms with Crippen molar-refractivity contribution in [3.63, 3.8) is 0 Å². The van der Waals surface area contributed by atoms with Gasteiger partial charge in [0.25, 0.3) is 5.91 Å². The topological polar surface area (TPSA) is 63.7 Å². The molecule has 6 heteroatoms. The molecule has 0 fully saturated rings. The zero-order valence-corrected chi connectivity index (χ0v) is 13.9. The normalized spacial score (nSPS) is 12.6. The highest BCUT2D eigenvalue weighted by atomic mass is 16.6. The average Bonchev–Trinajstić information content (AvgIpc) is 2.63. The summed E-state index contributed by atoms with van der Waals surface area (Å²) in [5, 5.41) is 2.85. The SMILES string of the molecule is CCN(CC)c1ccnc(C(=O)Nc2ccc3c(c2)OCCO3)c1. The number of amides is 1. The van der Waals surface area contributed by atoms with E-state index in [1.54, 1.807) is 30.5 Å². The minimum absolute atomic E-state index is 0.249. The van der Waals surface area contributed by atoms with Crippen molar-refractivity contribution in [3.05, 3.63) is 42.2 Å². The number of aromatic nitrogens is 1.